The minimum atomic E-state index is -0.330. The predicted molar refractivity (Wildman–Crippen MR) is 115 cm³/mol. The maximum absolute atomic E-state index is 13.3. The molecule has 3 rings (SSSR count). The molecule has 0 radical (unpaired) electrons. The minimum absolute atomic E-state index is 0.00384. The molecule has 1 N–H and O–H groups in total. The monoisotopic (exact) mass is 429 g/mol. The van der Waals surface area contributed by atoms with Gasteiger partial charge in [0.1, 0.15) is 5.71 Å². The average Bonchev–Trinajstić information content (AvgIpc) is 2.76. The van der Waals surface area contributed by atoms with Gasteiger partial charge in [0.15, 0.2) is 0 Å². The molecule has 4 nitrogen and oxygen atoms in total. The second-order valence-corrected chi connectivity index (χ2v) is 9.23. The van der Waals surface area contributed by atoms with Crippen molar-refractivity contribution in [2.45, 2.75) is 45.7 Å². The number of halogens is 1. The topological polar surface area (TPSA) is 44.7 Å². The lowest BCUT2D eigenvalue weighted by Gasteiger charge is -2.27. The molecule has 27 heavy (non-hydrogen) atoms. The summed E-state index contributed by atoms with van der Waals surface area (Å²) in [6.07, 6.45) is 2.68. The van der Waals surface area contributed by atoms with Crippen LogP contribution in [0.2, 0.25) is 0 Å². The van der Waals surface area contributed by atoms with E-state index in [4.69, 9.17) is 4.99 Å². The molecule has 1 saturated heterocycles. The zero-order valence-electron chi connectivity index (χ0n) is 16.6. The van der Waals surface area contributed by atoms with Crippen LogP contribution in [0.3, 0.4) is 0 Å². The molecule has 0 spiro atoms. The molecule has 1 amide bonds. The SMILES string of the molecule is C=CCN1C(=O)C2=NC(C)(C)CNC(CC(C)C)=C2C1c1ccc(Br)cc1. The highest BCUT2D eigenvalue weighted by molar-refractivity contribution is 9.10. The Morgan fingerprint density at radius 2 is 2.04 bits per heavy atom. The molecule has 0 aliphatic carbocycles. The van der Waals surface area contributed by atoms with E-state index in [0.717, 1.165) is 34.3 Å². The highest BCUT2D eigenvalue weighted by atomic mass is 79.9. The molecule has 144 valence electrons. The fourth-order valence-electron chi connectivity index (χ4n) is 3.74. The summed E-state index contributed by atoms with van der Waals surface area (Å²) in [5.74, 6) is 0.479. The molecule has 1 atom stereocenters. The summed E-state index contributed by atoms with van der Waals surface area (Å²) in [5, 5.41) is 3.62. The average molecular weight is 430 g/mol. The number of carbonyl (C=O) groups is 1. The van der Waals surface area contributed by atoms with Crippen LogP contribution >= 0.6 is 15.9 Å². The van der Waals surface area contributed by atoms with E-state index in [9.17, 15) is 4.79 Å². The van der Waals surface area contributed by atoms with Crippen molar-refractivity contribution in [2.75, 3.05) is 13.1 Å². The third-order valence-corrected chi connectivity index (χ3v) is 5.43. The van der Waals surface area contributed by atoms with Crippen LogP contribution in [0.15, 0.2) is 57.7 Å². The second kappa shape index (κ2) is 7.63. The number of hydrogen-bond donors (Lipinski definition) is 1. The van der Waals surface area contributed by atoms with E-state index < -0.39 is 0 Å². The number of carbonyl (C=O) groups excluding carboxylic acids is 1. The largest absolute Gasteiger partial charge is 0.386 e. The second-order valence-electron chi connectivity index (χ2n) is 8.32. The normalized spacial score (nSPS) is 21.7. The van der Waals surface area contributed by atoms with Gasteiger partial charge in [-0.1, -0.05) is 48.0 Å². The van der Waals surface area contributed by atoms with Crippen molar-refractivity contribution in [2.24, 2.45) is 10.9 Å². The number of aliphatic imine (C=N–C) groups is 1. The van der Waals surface area contributed by atoms with Crippen LogP contribution < -0.4 is 5.32 Å². The van der Waals surface area contributed by atoms with Gasteiger partial charge in [0, 0.05) is 28.8 Å². The van der Waals surface area contributed by atoms with Crippen molar-refractivity contribution < 1.29 is 4.79 Å². The zero-order chi connectivity index (χ0) is 19.8. The predicted octanol–water partition coefficient (Wildman–Crippen LogP) is 4.64. The number of nitrogens with zero attached hydrogens (tertiary/aromatic N) is 2. The highest BCUT2D eigenvalue weighted by Gasteiger charge is 2.45. The van der Waals surface area contributed by atoms with Gasteiger partial charge in [0.2, 0.25) is 0 Å². The summed E-state index contributed by atoms with van der Waals surface area (Å²) in [6.45, 7) is 13.6. The molecule has 2 heterocycles. The van der Waals surface area contributed by atoms with Crippen LogP contribution in [0.1, 0.15) is 45.7 Å². The van der Waals surface area contributed by atoms with Crippen LogP contribution in [-0.2, 0) is 4.79 Å². The Bertz CT molecular complexity index is 805. The van der Waals surface area contributed by atoms with Crippen molar-refractivity contribution in [3.05, 3.63) is 58.2 Å². The number of benzene rings is 1. The molecule has 2 aliphatic heterocycles. The lowest BCUT2D eigenvalue weighted by Crippen LogP contribution is -2.35. The first kappa shape index (κ1) is 19.9. The van der Waals surface area contributed by atoms with Gasteiger partial charge in [-0.3, -0.25) is 9.79 Å². The van der Waals surface area contributed by atoms with E-state index in [0.29, 0.717) is 18.2 Å². The van der Waals surface area contributed by atoms with Crippen molar-refractivity contribution in [1.29, 1.82) is 0 Å². The Morgan fingerprint density at radius 1 is 1.37 bits per heavy atom. The standard InChI is InChI=1S/C22H28BrN3O/c1-6-11-26-20(15-7-9-16(23)10-8-15)18-17(12-14(2)3)24-13-22(4,5)25-19(18)21(26)27/h6-10,14,20,24H,1,11-13H2,2-5H3. The van der Waals surface area contributed by atoms with Gasteiger partial charge in [-0.05, 0) is 43.9 Å². The molecule has 2 aliphatic rings. The molecule has 5 heteroatoms. The van der Waals surface area contributed by atoms with E-state index in [1.807, 2.05) is 17.0 Å². The van der Waals surface area contributed by atoms with E-state index in [-0.39, 0.29) is 17.5 Å². The number of fused-ring (bicyclic) bond motifs is 1. The van der Waals surface area contributed by atoms with Crippen molar-refractivity contribution in [3.63, 3.8) is 0 Å². The number of likely N-dealkylation sites (tertiary alicyclic amines) is 1. The fourth-order valence-corrected chi connectivity index (χ4v) is 4.00. The smallest absolute Gasteiger partial charge is 0.273 e. The summed E-state index contributed by atoms with van der Waals surface area (Å²) >= 11 is 3.51. The zero-order valence-corrected chi connectivity index (χ0v) is 18.1. The summed E-state index contributed by atoms with van der Waals surface area (Å²) in [6, 6.07) is 8.07. The molecule has 0 saturated carbocycles. The number of rotatable bonds is 5. The van der Waals surface area contributed by atoms with E-state index in [1.54, 1.807) is 6.08 Å². The van der Waals surface area contributed by atoms with Gasteiger partial charge < -0.3 is 10.2 Å². The maximum Gasteiger partial charge on any atom is 0.273 e. The first-order chi connectivity index (χ1) is 12.7. The highest BCUT2D eigenvalue weighted by Crippen LogP contribution is 2.40. The van der Waals surface area contributed by atoms with Gasteiger partial charge in [0.05, 0.1) is 11.6 Å². The first-order valence-corrected chi connectivity index (χ1v) is 10.3. The maximum atomic E-state index is 13.3. The molecule has 1 aromatic carbocycles. The van der Waals surface area contributed by atoms with Gasteiger partial charge in [-0.15, -0.1) is 6.58 Å². The molecular weight excluding hydrogens is 402 g/mol. The summed E-state index contributed by atoms with van der Waals surface area (Å²) in [4.78, 5) is 20.1. The molecule has 1 fully saturated rings. The number of hydrogen-bond acceptors (Lipinski definition) is 3. The Morgan fingerprint density at radius 3 is 2.63 bits per heavy atom. The minimum Gasteiger partial charge on any atom is -0.386 e. The van der Waals surface area contributed by atoms with Gasteiger partial charge >= 0.3 is 0 Å². The van der Waals surface area contributed by atoms with E-state index >= 15 is 0 Å². The lowest BCUT2D eigenvalue weighted by molar-refractivity contribution is -0.123. The lowest BCUT2D eigenvalue weighted by atomic mass is 9.93. The third-order valence-electron chi connectivity index (χ3n) is 4.90. The van der Waals surface area contributed by atoms with E-state index in [1.165, 1.54) is 0 Å². The summed E-state index contributed by atoms with van der Waals surface area (Å²) < 4.78 is 1.02. The molecule has 0 aromatic heterocycles. The molecule has 1 unspecified atom stereocenters. The Kier molecular flexibility index (Phi) is 5.61. The van der Waals surface area contributed by atoms with Crippen molar-refractivity contribution in [1.82, 2.24) is 10.2 Å². The first-order valence-electron chi connectivity index (χ1n) is 9.48. The molecule has 0 bridgehead atoms. The molecule has 1 aromatic rings. The third kappa shape index (κ3) is 4.03. The van der Waals surface area contributed by atoms with Crippen molar-refractivity contribution >= 4 is 27.5 Å². The fraction of sp³-hybridized carbons (Fsp3) is 0.455. The summed E-state index contributed by atoms with van der Waals surface area (Å²) in [5.41, 5.74) is 3.54. The Hall–Kier alpha value is -1.88. The van der Waals surface area contributed by atoms with Crippen LogP contribution in [0.25, 0.3) is 0 Å². The number of nitrogens with one attached hydrogen (secondary N) is 1. The van der Waals surface area contributed by atoms with Crippen molar-refractivity contribution in [3.8, 4) is 0 Å². The quantitative estimate of drug-likeness (QED) is 0.692. The van der Waals surface area contributed by atoms with Crippen LogP contribution in [0.5, 0.6) is 0 Å². The number of amides is 1. The van der Waals surface area contributed by atoms with Gasteiger partial charge in [-0.25, -0.2) is 0 Å². The van der Waals surface area contributed by atoms with Crippen LogP contribution in [0, 0.1) is 5.92 Å². The van der Waals surface area contributed by atoms with E-state index in [2.05, 4.69) is 67.7 Å². The Balaban J connectivity index is 2.22. The Labute approximate surface area is 170 Å². The van der Waals surface area contributed by atoms with Crippen LogP contribution in [-0.4, -0.2) is 35.1 Å². The van der Waals surface area contributed by atoms with Gasteiger partial charge in [-0.2, -0.15) is 0 Å². The van der Waals surface area contributed by atoms with Gasteiger partial charge in [0.25, 0.3) is 5.91 Å². The summed E-state index contributed by atoms with van der Waals surface area (Å²) in [7, 11) is 0. The number of allylic oxidation sites excluding steroid dienone is 1. The van der Waals surface area contributed by atoms with Crippen LogP contribution in [0.4, 0.5) is 0 Å². The molecular formula is C22H28BrN3O.